The molecule has 4 rings (SSSR count). The van der Waals surface area contributed by atoms with E-state index in [-0.39, 0.29) is 24.7 Å². The van der Waals surface area contributed by atoms with Crippen LogP contribution in [0.4, 0.5) is 9.18 Å². The summed E-state index contributed by atoms with van der Waals surface area (Å²) in [6.45, 7) is 2.44. The number of hydrogen-bond donors (Lipinski definition) is 1. The summed E-state index contributed by atoms with van der Waals surface area (Å²) in [5.74, 6) is 0.338. The largest absolute Gasteiger partial charge is 0.467 e. The average Bonchev–Trinajstić information content (AvgIpc) is 2.74. The van der Waals surface area contributed by atoms with Gasteiger partial charge in [-0.2, -0.15) is 0 Å². The van der Waals surface area contributed by atoms with Gasteiger partial charge in [-0.3, -0.25) is 0 Å². The molecule has 0 aliphatic carbocycles. The number of morpholine rings is 1. The number of ether oxygens (including phenoxy) is 3. The van der Waals surface area contributed by atoms with Crippen molar-refractivity contribution in [1.29, 1.82) is 0 Å². The summed E-state index contributed by atoms with van der Waals surface area (Å²) >= 11 is 0. The molecule has 0 aromatic heterocycles. The predicted octanol–water partition coefficient (Wildman–Crippen LogP) is 3.02. The van der Waals surface area contributed by atoms with E-state index in [0.717, 1.165) is 11.1 Å². The summed E-state index contributed by atoms with van der Waals surface area (Å²) in [6.07, 6.45) is 0.363. The molecular weight excluding hydrogens is 363 g/mol. The van der Waals surface area contributed by atoms with Gasteiger partial charge in [-0.25, -0.2) is 9.18 Å². The molecule has 1 saturated heterocycles. The number of carbonyl (C=O) groups excluding carboxylic acids is 1. The summed E-state index contributed by atoms with van der Waals surface area (Å²) < 4.78 is 30.3. The van der Waals surface area contributed by atoms with Crippen molar-refractivity contribution < 1.29 is 23.4 Å². The van der Waals surface area contributed by atoms with Crippen LogP contribution in [0.25, 0.3) is 0 Å². The Kier molecular flexibility index (Phi) is 5.73. The number of rotatable bonds is 4. The number of halogens is 1. The van der Waals surface area contributed by atoms with Crippen LogP contribution >= 0.6 is 0 Å². The Morgan fingerprint density at radius 2 is 2.11 bits per heavy atom. The molecule has 1 unspecified atom stereocenters. The number of urea groups is 1. The summed E-state index contributed by atoms with van der Waals surface area (Å²) in [5.41, 5.74) is 2.50. The smallest absolute Gasteiger partial charge is 0.317 e. The second-order valence-corrected chi connectivity index (χ2v) is 6.86. The van der Waals surface area contributed by atoms with E-state index in [1.165, 1.54) is 12.1 Å². The van der Waals surface area contributed by atoms with Crippen LogP contribution < -0.4 is 10.1 Å². The molecule has 2 aromatic rings. The van der Waals surface area contributed by atoms with Gasteiger partial charge in [-0.15, -0.1) is 0 Å². The minimum Gasteiger partial charge on any atom is -0.467 e. The van der Waals surface area contributed by atoms with E-state index in [9.17, 15) is 9.18 Å². The third kappa shape index (κ3) is 4.26. The Hall–Kier alpha value is -2.64. The van der Waals surface area contributed by atoms with Gasteiger partial charge in [0, 0.05) is 18.7 Å². The zero-order valence-corrected chi connectivity index (χ0v) is 15.5. The van der Waals surface area contributed by atoms with Gasteiger partial charge in [-0.05, 0) is 29.7 Å². The van der Waals surface area contributed by atoms with E-state index in [4.69, 9.17) is 14.2 Å². The minimum absolute atomic E-state index is 0.121. The zero-order chi connectivity index (χ0) is 19.3. The van der Waals surface area contributed by atoms with E-state index in [1.807, 2.05) is 30.3 Å². The topological polar surface area (TPSA) is 60.0 Å². The van der Waals surface area contributed by atoms with E-state index < -0.39 is 0 Å². The Labute approximate surface area is 163 Å². The summed E-state index contributed by atoms with van der Waals surface area (Å²) in [4.78, 5) is 14.3. The van der Waals surface area contributed by atoms with Crippen molar-refractivity contribution in [3.05, 3.63) is 65.0 Å². The number of hydrogen-bond acceptors (Lipinski definition) is 4. The normalized spacial score (nSPS) is 18.9. The fraction of sp³-hybridized carbons (Fsp3) is 0.381. The first-order chi connectivity index (χ1) is 13.7. The Morgan fingerprint density at radius 1 is 1.25 bits per heavy atom. The third-order valence-electron chi connectivity index (χ3n) is 4.95. The molecule has 0 radical (unpaired) electrons. The van der Waals surface area contributed by atoms with Gasteiger partial charge >= 0.3 is 6.03 Å². The van der Waals surface area contributed by atoms with Gasteiger partial charge in [0.1, 0.15) is 17.7 Å². The summed E-state index contributed by atoms with van der Waals surface area (Å²) in [5, 5.41) is 2.92. The van der Waals surface area contributed by atoms with Crippen molar-refractivity contribution in [3.8, 4) is 5.75 Å². The van der Waals surface area contributed by atoms with Crippen molar-refractivity contribution in [2.75, 3.05) is 33.0 Å². The van der Waals surface area contributed by atoms with Gasteiger partial charge < -0.3 is 24.4 Å². The highest BCUT2D eigenvalue weighted by atomic mass is 19.1. The lowest BCUT2D eigenvalue weighted by molar-refractivity contribution is -0.0173. The fourth-order valence-electron chi connectivity index (χ4n) is 3.56. The lowest BCUT2D eigenvalue weighted by atomic mass is 10.1. The van der Waals surface area contributed by atoms with Gasteiger partial charge in [0.15, 0.2) is 6.79 Å². The summed E-state index contributed by atoms with van der Waals surface area (Å²) in [6, 6.07) is 12.6. The molecule has 2 amide bonds. The number of amides is 2. The predicted molar refractivity (Wildman–Crippen MR) is 100 cm³/mol. The molecule has 7 heteroatoms. The van der Waals surface area contributed by atoms with E-state index in [2.05, 4.69) is 5.32 Å². The van der Waals surface area contributed by atoms with Crippen molar-refractivity contribution >= 4 is 6.03 Å². The first kappa shape index (κ1) is 18.7. The van der Waals surface area contributed by atoms with Gasteiger partial charge in [0.25, 0.3) is 0 Å². The lowest BCUT2D eigenvalue weighted by Crippen LogP contribution is -2.47. The monoisotopic (exact) mass is 386 g/mol. The maximum atomic E-state index is 13.8. The van der Waals surface area contributed by atoms with Crippen LogP contribution in [0.15, 0.2) is 42.5 Å². The minimum atomic E-state index is -0.326. The van der Waals surface area contributed by atoms with Crippen LogP contribution in [0, 0.1) is 5.82 Å². The molecule has 28 heavy (non-hydrogen) atoms. The standard InChI is InChI=1S/C21H23FN2O4/c22-18-10-16(20-17(11-18)13-26-14-28-20)6-7-23-21(25)24-8-9-27-19(12-24)15-4-2-1-3-5-15/h1-5,10-11,19H,6-9,12-14H2,(H,23,25). The second kappa shape index (κ2) is 8.58. The van der Waals surface area contributed by atoms with Crippen LogP contribution in [0.2, 0.25) is 0 Å². The van der Waals surface area contributed by atoms with Crippen LogP contribution in [0.1, 0.15) is 22.8 Å². The number of nitrogens with one attached hydrogen (secondary N) is 1. The molecule has 0 bridgehead atoms. The van der Waals surface area contributed by atoms with E-state index in [1.54, 1.807) is 4.90 Å². The third-order valence-corrected chi connectivity index (χ3v) is 4.95. The average molecular weight is 386 g/mol. The maximum Gasteiger partial charge on any atom is 0.317 e. The highest BCUT2D eigenvalue weighted by Gasteiger charge is 2.25. The van der Waals surface area contributed by atoms with Crippen LogP contribution in [-0.4, -0.2) is 44.0 Å². The van der Waals surface area contributed by atoms with Crippen LogP contribution in [0.3, 0.4) is 0 Å². The first-order valence-corrected chi connectivity index (χ1v) is 9.42. The highest BCUT2D eigenvalue weighted by molar-refractivity contribution is 5.74. The molecule has 0 spiro atoms. The second-order valence-electron chi connectivity index (χ2n) is 6.86. The molecular formula is C21H23FN2O4. The zero-order valence-electron chi connectivity index (χ0n) is 15.5. The quantitative estimate of drug-likeness (QED) is 0.878. The lowest BCUT2D eigenvalue weighted by Gasteiger charge is -2.33. The molecule has 2 aliphatic heterocycles. The van der Waals surface area contributed by atoms with Crippen molar-refractivity contribution in [2.24, 2.45) is 0 Å². The van der Waals surface area contributed by atoms with E-state index >= 15 is 0 Å². The van der Waals surface area contributed by atoms with Crippen molar-refractivity contribution in [2.45, 2.75) is 19.1 Å². The molecule has 2 aliphatic rings. The maximum absolute atomic E-state index is 13.8. The number of fused-ring (bicyclic) bond motifs is 1. The van der Waals surface area contributed by atoms with Crippen LogP contribution in [-0.2, 0) is 22.5 Å². The molecule has 1 atom stereocenters. The van der Waals surface area contributed by atoms with Crippen molar-refractivity contribution in [1.82, 2.24) is 10.2 Å². The van der Waals surface area contributed by atoms with Gasteiger partial charge in [0.05, 0.1) is 19.8 Å². The Morgan fingerprint density at radius 3 is 2.96 bits per heavy atom. The molecule has 0 saturated carbocycles. The molecule has 2 heterocycles. The molecule has 2 aromatic carbocycles. The Balaban J connectivity index is 1.33. The van der Waals surface area contributed by atoms with Gasteiger partial charge in [-0.1, -0.05) is 30.3 Å². The number of carbonyl (C=O) groups is 1. The summed E-state index contributed by atoms with van der Waals surface area (Å²) in [7, 11) is 0. The number of benzene rings is 2. The Bertz CT molecular complexity index is 831. The van der Waals surface area contributed by atoms with Gasteiger partial charge in [0.2, 0.25) is 0 Å². The van der Waals surface area contributed by atoms with E-state index in [0.29, 0.717) is 50.6 Å². The first-order valence-electron chi connectivity index (χ1n) is 9.42. The van der Waals surface area contributed by atoms with Crippen molar-refractivity contribution in [3.63, 3.8) is 0 Å². The SMILES string of the molecule is O=C(NCCc1cc(F)cc2c1OCOC2)N1CCOC(c2ccccc2)C1. The number of nitrogens with zero attached hydrogens (tertiary/aromatic N) is 1. The molecule has 1 fully saturated rings. The molecule has 1 N–H and O–H groups in total. The highest BCUT2D eigenvalue weighted by Crippen LogP contribution is 2.29. The molecule has 6 nitrogen and oxygen atoms in total. The molecule has 148 valence electrons. The fourth-order valence-corrected chi connectivity index (χ4v) is 3.56. The van der Waals surface area contributed by atoms with Crippen LogP contribution in [0.5, 0.6) is 5.75 Å².